The maximum Gasteiger partial charge on any atom is 0.276 e. The van der Waals surface area contributed by atoms with Crippen LogP contribution in [-0.2, 0) is 0 Å². The molecule has 0 saturated carbocycles. The molecule has 0 aliphatic rings. The fraction of sp³-hybridized carbons (Fsp3) is 0.667. The van der Waals surface area contributed by atoms with Crippen molar-refractivity contribution in [2.24, 2.45) is 0 Å². The SMILES string of the molecule is CCN(C(=O)c1n[nH]c(C)c1N)C(C)CN(C)C. The van der Waals surface area contributed by atoms with Crippen LogP contribution in [0, 0.1) is 6.92 Å². The molecule has 1 rings (SSSR count). The van der Waals surface area contributed by atoms with E-state index in [1.807, 2.05) is 27.9 Å². The number of nitrogens with two attached hydrogens (primary N) is 1. The van der Waals surface area contributed by atoms with Crippen LogP contribution in [0.15, 0.2) is 0 Å². The molecule has 1 amide bonds. The molecular formula is C12H23N5O. The molecular weight excluding hydrogens is 230 g/mol. The predicted molar refractivity (Wildman–Crippen MR) is 72.5 cm³/mol. The average molecular weight is 253 g/mol. The smallest absolute Gasteiger partial charge is 0.276 e. The lowest BCUT2D eigenvalue weighted by atomic mass is 10.2. The minimum absolute atomic E-state index is 0.117. The van der Waals surface area contributed by atoms with E-state index in [0.29, 0.717) is 17.9 Å². The minimum atomic E-state index is -0.117. The largest absolute Gasteiger partial charge is 0.395 e. The number of nitrogens with zero attached hydrogens (tertiary/aromatic N) is 3. The lowest BCUT2D eigenvalue weighted by Crippen LogP contribution is -2.44. The zero-order valence-corrected chi connectivity index (χ0v) is 11.8. The molecule has 1 atom stereocenters. The van der Waals surface area contributed by atoms with Crippen LogP contribution in [0.25, 0.3) is 0 Å². The molecule has 0 radical (unpaired) electrons. The van der Waals surface area contributed by atoms with Crippen LogP contribution in [0.1, 0.15) is 30.0 Å². The van der Waals surface area contributed by atoms with Gasteiger partial charge in [0.2, 0.25) is 0 Å². The molecule has 0 bridgehead atoms. The highest BCUT2D eigenvalue weighted by molar-refractivity contribution is 5.97. The summed E-state index contributed by atoms with van der Waals surface area (Å²) in [5, 5.41) is 6.73. The van der Waals surface area contributed by atoms with Gasteiger partial charge in [-0.1, -0.05) is 0 Å². The third kappa shape index (κ3) is 3.01. The van der Waals surface area contributed by atoms with Gasteiger partial charge in [-0.3, -0.25) is 9.89 Å². The summed E-state index contributed by atoms with van der Waals surface area (Å²) in [7, 11) is 3.98. The summed E-state index contributed by atoms with van der Waals surface area (Å²) >= 11 is 0. The second-order valence-electron chi connectivity index (χ2n) is 4.81. The number of hydrogen-bond acceptors (Lipinski definition) is 4. The van der Waals surface area contributed by atoms with Crippen molar-refractivity contribution < 1.29 is 4.79 Å². The van der Waals surface area contributed by atoms with Gasteiger partial charge in [0.05, 0.1) is 11.4 Å². The van der Waals surface area contributed by atoms with Crippen molar-refractivity contribution in [2.75, 3.05) is 32.9 Å². The monoisotopic (exact) mass is 253 g/mol. The molecule has 0 fully saturated rings. The quantitative estimate of drug-likeness (QED) is 0.810. The van der Waals surface area contributed by atoms with E-state index < -0.39 is 0 Å². The summed E-state index contributed by atoms with van der Waals surface area (Å²) in [6.07, 6.45) is 0. The molecule has 0 aromatic carbocycles. The molecule has 102 valence electrons. The van der Waals surface area contributed by atoms with Crippen LogP contribution >= 0.6 is 0 Å². The lowest BCUT2D eigenvalue weighted by molar-refractivity contribution is 0.0674. The van der Waals surface area contributed by atoms with Crippen molar-refractivity contribution in [2.45, 2.75) is 26.8 Å². The maximum atomic E-state index is 12.4. The van der Waals surface area contributed by atoms with E-state index in [4.69, 9.17) is 5.73 Å². The molecule has 18 heavy (non-hydrogen) atoms. The number of rotatable bonds is 5. The van der Waals surface area contributed by atoms with E-state index in [0.717, 1.165) is 12.2 Å². The van der Waals surface area contributed by atoms with Crippen molar-refractivity contribution in [3.63, 3.8) is 0 Å². The molecule has 6 nitrogen and oxygen atoms in total. The average Bonchev–Trinajstić information content (AvgIpc) is 2.59. The first-order valence-corrected chi connectivity index (χ1v) is 6.14. The Morgan fingerprint density at radius 3 is 2.50 bits per heavy atom. The molecule has 0 spiro atoms. The zero-order chi connectivity index (χ0) is 13.9. The molecule has 0 aliphatic carbocycles. The highest BCUT2D eigenvalue weighted by atomic mass is 16.2. The summed E-state index contributed by atoms with van der Waals surface area (Å²) in [5.74, 6) is -0.117. The van der Waals surface area contributed by atoms with E-state index in [2.05, 4.69) is 15.1 Å². The number of carbonyl (C=O) groups is 1. The number of aromatic amines is 1. The Balaban J connectivity index is 2.89. The standard InChI is InChI=1S/C12H23N5O/c1-6-17(8(2)7-16(4)5)12(18)11-10(13)9(3)14-15-11/h8H,6-7,13H2,1-5H3,(H,14,15). The first-order chi connectivity index (χ1) is 8.38. The van der Waals surface area contributed by atoms with Gasteiger partial charge in [-0.05, 0) is 34.9 Å². The number of nitrogen functional groups attached to an aromatic ring is 1. The molecule has 1 aromatic rings. The van der Waals surface area contributed by atoms with Crippen LogP contribution in [0.5, 0.6) is 0 Å². The fourth-order valence-corrected chi connectivity index (χ4v) is 2.02. The Hall–Kier alpha value is -1.56. The first kappa shape index (κ1) is 14.5. The van der Waals surface area contributed by atoms with Crippen LogP contribution in [0.2, 0.25) is 0 Å². The predicted octanol–water partition coefficient (Wildman–Crippen LogP) is 0.713. The molecule has 3 N–H and O–H groups in total. The van der Waals surface area contributed by atoms with Crippen LogP contribution in [-0.4, -0.2) is 59.1 Å². The second-order valence-corrected chi connectivity index (χ2v) is 4.81. The summed E-state index contributed by atoms with van der Waals surface area (Å²) in [6, 6.07) is 0.119. The number of H-pyrrole nitrogens is 1. The number of anilines is 1. The first-order valence-electron chi connectivity index (χ1n) is 6.14. The normalized spacial score (nSPS) is 12.8. The topological polar surface area (TPSA) is 78.2 Å². The number of nitrogens with one attached hydrogen (secondary N) is 1. The van der Waals surface area contributed by atoms with Crippen LogP contribution < -0.4 is 5.73 Å². The Morgan fingerprint density at radius 2 is 2.11 bits per heavy atom. The molecule has 6 heteroatoms. The highest BCUT2D eigenvalue weighted by Crippen LogP contribution is 2.16. The van der Waals surface area contributed by atoms with E-state index in [9.17, 15) is 4.79 Å². The van der Waals surface area contributed by atoms with Crippen LogP contribution in [0.4, 0.5) is 5.69 Å². The summed E-state index contributed by atoms with van der Waals surface area (Å²) < 4.78 is 0. The Bertz CT molecular complexity index is 413. The summed E-state index contributed by atoms with van der Waals surface area (Å²) in [5.41, 5.74) is 7.34. The number of likely N-dealkylation sites (N-methyl/N-ethyl adjacent to an activating group) is 2. The molecule has 1 heterocycles. The van der Waals surface area contributed by atoms with Gasteiger partial charge in [0.25, 0.3) is 5.91 Å². The van der Waals surface area contributed by atoms with E-state index in [1.165, 1.54) is 0 Å². The van der Waals surface area contributed by atoms with Gasteiger partial charge in [-0.15, -0.1) is 0 Å². The van der Waals surface area contributed by atoms with Gasteiger partial charge in [-0.2, -0.15) is 5.10 Å². The van der Waals surface area contributed by atoms with Crippen molar-refractivity contribution in [3.05, 3.63) is 11.4 Å². The van der Waals surface area contributed by atoms with Crippen molar-refractivity contribution >= 4 is 11.6 Å². The van der Waals surface area contributed by atoms with Gasteiger partial charge in [0.15, 0.2) is 5.69 Å². The van der Waals surface area contributed by atoms with Crippen molar-refractivity contribution in [1.82, 2.24) is 20.0 Å². The van der Waals surface area contributed by atoms with Gasteiger partial charge in [0, 0.05) is 19.1 Å². The molecule has 0 saturated heterocycles. The third-order valence-electron chi connectivity index (χ3n) is 2.96. The Kier molecular flexibility index (Phi) is 4.72. The number of aromatic nitrogens is 2. The third-order valence-corrected chi connectivity index (χ3v) is 2.96. The number of amides is 1. The van der Waals surface area contributed by atoms with E-state index >= 15 is 0 Å². The molecule has 1 aromatic heterocycles. The molecule has 0 aliphatic heterocycles. The Labute approximate surface area is 108 Å². The van der Waals surface area contributed by atoms with Crippen molar-refractivity contribution in [3.8, 4) is 0 Å². The van der Waals surface area contributed by atoms with Crippen molar-refractivity contribution in [1.29, 1.82) is 0 Å². The zero-order valence-electron chi connectivity index (χ0n) is 11.8. The summed E-state index contributed by atoms with van der Waals surface area (Å²) in [4.78, 5) is 16.2. The maximum absolute atomic E-state index is 12.4. The van der Waals surface area contributed by atoms with E-state index in [-0.39, 0.29) is 11.9 Å². The fourth-order valence-electron chi connectivity index (χ4n) is 2.02. The number of aryl methyl sites for hydroxylation is 1. The van der Waals surface area contributed by atoms with Gasteiger partial charge < -0.3 is 15.5 Å². The van der Waals surface area contributed by atoms with Gasteiger partial charge in [-0.25, -0.2) is 0 Å². The minimum Gasteiger partial charge on any atom is -0.395 e. The van der Waals surface area contributed by atoms with Gasteiger partial charge >= 0.3 is 0 Å². The summed E-state index contributed by atoms with van der Waals surface area (Å²) in [6.45, 7) is 7.23. The lowest BCUT2D eigenvalue weighted by Gasteiger charge is -2.29. The second kappa shape index (κ2) is 5.86. The highest BCUT2D eigenvalue weighted by Gasteiger charge is 2.24. The number of carbonyl (C=O) groups excluding carboxylic acids is 1. The molecule has 1 unspecified atom stereocenters. The van der Waals surface area contributed by atoms with Gasteiger partial charge in [0.1, 0.15) is 0 Å². The van der Waals surface area contributed by atoms with E-state index in [1.54, 1.807) is 11.8 Å². The Morgan fingerprint density at radius 1 is 1.50 bits per heavy atom. The number of hydrogen-bond donors (Lipinski definition) is 2. The van der Waals surface area contributed by atoms with Crippen LogP contribution in [0.3, 0.4) is 0 Å².